The molecule has 0 bridgehead atoms. The maximum atomic E-state index is 13.0. The van der Waals surface area contributed by atoms with Gasteiger partial charge in [-0.05, 0) is 55.8 Å². The largest absolute Gasteiger partial charge is 0.451 e. The van der Waals surface area contributed by atoms with E-state index in [1.165, 1.54) is 12.1 Å². The van der Waals surface area contributed by atoms with Crippen LogP contribution < -0.4 is 5.32 Å². The van der Waals surface area contributed by atoms with Gasteiger partial charge in [-0.1, -0.05) is 11.6 Å². The van der Waals surface area contributed by atoms with Gasteiger partial charge in [-0.25, -0.2) is 4.39 Å². The van der Waals surface area contributed by atoms with Crippen LogP contribution in [-0.4, -0.2) is 15.3 Å². The first-order valence-corrected chi connectivity index (χ1v) is 9.18. The third-order valence-electron chi connectivity index (χ3n) is 4.17. The highest BCUT2D eigenvalue weighted by molar-refractivity contribution is 7.10. The summed E-state index contributed by atoms with van der Waals surface area (Å²) in [5, 5.41) is 4.43. The molecule has 1 N–H and O–H groups in total. The van der Waals surface area contributed by atoms with Crippen LogP contribution in [0.15, 0.2) is 40.8 Å². The van der Waals surface area contributed by atoms with Gasteiger partial charge in [0, 0.05) is 33.1 Å². The van der Waals surface area contributed by atoms with Crippen LogP contribution in [0.3, 0.4) is 0 Å². The number of furan rings is 1. The van der Waals surface area contributed by atoms with E-state index in [0.717, 1.165) is 22.5 Å². The summed E-state index contributed by atoms with van der Waals surface area (Å²) in [5.74, 6) is -0.137. The molecule has 0 aliphatic carbocycles. The van der Waals surface area contributed by atoms with Crippen LogP contribution in [0.4, 0.5) is 9.52 Å². The zero-order valence-electron chi connectivity index (χ0n) is 14.3. The van der Waals surface area contributed by atoms with Crippen LogP contribution in [0.25, 0.3) is 22.4 Å². The lowest BCUT2D eigenvalue weighted by Crippen LogP contribution is -2.11. The Bertz CT molecular complexity index is 1170. The number of anilines is 1. The number of carbonyl (C=O) groups excluding carboxylic acids is 1. The Morgan fingerprint density at radius 3 is 2.70 bits per heavy atom. The zero-order chi connectivity index (χ0) is 19.1. The first-order valence-electron chi connectivity index (χ1n) is 8.02. The molecule has 2 aromatic heterocycles. The Morgan fingerprint density at radius 1 is 1.22 bits per heavy atom. The monoisotopic (exact) mass is 401 g/mol. The van der Waals surface area contributed by atoms with Crippen molar-refractivity contribution in [2.24, 2.45) is 0 Å². The lowest BCUT2D eigenvalue weighted by atomic mass is 10.1. The van der Waals surface area contributed by atoms with Gasteiger partial charge in [-0.2, -0.15) is 9.36 Å². The summed E-state index contributed by atoms with van der Waals surface area (Å²) in [7, 11) is 0. The van der Waals surface area contributed by atoms with Gasteiger partial charge < -0.3 is 4.42 Å². The van der Waals surface area contributed by atoms with Gasteiger partial charge in [0.25, 0.3) is 5.91 Å². The van der Waals surface area contributed by atoms with Crippen molar-refractivity contribution in [3.05, 3.63) is 64.1 Å². The number of hydrogen-bond acceptors (Lipinski definition) is 5. The van der Waals surface area contributed by atoms with Crippen molar-refractivity contribution < 1.29 is 13.6 Å². The maximum absolute atomic E-state index is 13.0. The normalized spacial score (nSPS) is 11.1. The fraction of sp³-hybridized carbons (Fsp3) is 0.105. The van der Waals surface area contributed by atoms with Crippen molar-refractivity contribution in [2.45, 2.75) is 13.8 Å². The van der Waals surface area contributed by atoms with E-state index < -0.39 is 5.91 Å². The van der Waals surface area contributed by atoms with Crippen molar-refractivity contribution in [1.82, 2.24) is 9.36 Å². The molecule has 1 amide bonds. The molecule has 4 aromatic rings. The summed E-state index contributed by atoms with van der Waals surface area (Å²) in [4.78, 5) is 16.9. The van der Waals surface area contributed by atoms with Gasteiger partial charge in [-0.3, -0.25) is 10.1 Å². The summed E-state index contributed by atoms with van der Waals surface area (Å²) in [6.07, 6.45) is 0. The van der Waals surface area contributed by atoms with E-state index in [0.29, 0.717) is 32.7 Å². The zero-order valence-corrected chi connectivity index (χ0v) is 15.9. The molecular weight excluding hydrogens is 389 g/mol. The van der Waals surface area contributed by atoms with Crippen molar-refractivity contribution in [1.29, 1.82) is 0 Å². The van der Waals surface area contributed by atoms with Gasteiger partial charge in [-0.15, -0.1) is 0 Å². The second-order valence-corrected chi connectivity index (χ2v) is 7.20. The van der Waals surface area contributed by atoms with Crippen molar-refractivity contribution in [3.8, 4) is 11.4 Å². The molecule has 0 aliphatic rings. The minimum Gasteiger partial charge on any atom is -0.451 e. The standard InChI is InChI=1S/C19H13ClFN3O2S/c1-9-7-15-13(8-14(9)20)10(2)16(26-15)18(25)23-19-22-17(24-27-19)11-3-5-12(21)6-4-11/h3-8H,1-2H3,(H,22,23,24,25). The Hall–Kier alpha value is -2.77. The molecule has 27 heavy (non-hydrogen) atoms. The van der Waals surface area contributed by atoms with Crippen LogP contribution in [0.1, 0.15) is 21.7 Å². The van der Waals surface area contributed by atoms with E-state index in [9.17, 15) is 9.18 Å². The molecule has 2 heterocycles. The number of aryl methyl sites for hydroxylation is 2. The first kappa shape index (κ1) is 17.6. The number of aromatic nitrogens is 2. The average molecular weight is 402 g/mol. The van der Waals surface area contributed by atoms with E-state index in [1.54, 1.807) is 31.2 Å². The summed E-state index contributed by atoms with van der Waals surface area (Å²) < 4.78 is 22.9. The Labute approximate surface area is 163 Å². The van der Waals surface area contributed by atoms with E-state index in [4.69, 9.17) is 16.0 Å². The molecule has 8 heteroatoms. The fourth-order valence-corrected chi connectivity index (χ4v) is 3.45. The topological polar surface area (TPSA) is 68.0 Å². The minimum absolute atomic E-state index is 0.199. The van der Waals surface area contributed by atoms with E-state index in [-0.39, 0.29) is 11.6 Å². The molecule has 136 valence electrons. The maximum Gasteiger partial charge on any atom is 0.293 e. The smallest absolute Gasteiger partial charge is 0.293 e. The molecule has 0 saturated heterocycles. The molecule has 0 atom stereocenters. The Kier molecular flexibility index (Phi) is 4.41. The third-order valence-corrected chi connectivity index (χ3v) is 5.21. The SMILES string of the molecule is Cc1cc2oc(C(=O)Nc3nc(-c4ccc(F)cc4)ns3)c(C)c2cc1Cl. The van der Waals surface area contributed by atoms with Gasteiger partial charge in [0.05, 0.1) is 0 Å². The molecule has 5 nitrogen and oxygen atoms in total. The Balaban J connectivity index is 1.60. The van der Waals surface area contributed by atoms with Crippen LogP contribution in [0, 0.1) is 19.7 Å². The number of amides is 1. The van der Waals surface area contributed by atoms with Crippen LogP contribution in [-0.2, 0) is 0 Å². The predicted octanol–water partition coefficient (Wildman–Crippen LogP) is 5.61. The highest BCUT2D eigenvalue weighted by Gasteiger charge is 2.20. The molecular formula is C19H13ClFN3O2S. The lowest BCUT2D eigenvalue weighted by Gasteiger charge is -1.98. The molecule has 0 spiro atoms. The number of nitrogens with zero attached hydrogens (tertiary/aromatic N) is 2. The van der Waals surface area contributed by atoms with Crippen molar-refractivity contribution in [3.63, 3.8) is 0 Å². The predicted molar refractivity (Wildman–Crippen MR) is 104 cm³/mol. The van der Waals surface area contributed by atoms with E-state index in [1.807, 2.05) is 6.92 Å². The molecule has 4 rings (SSSR count). The molecule has 2 aromatic carbocycles. The summed E-state index contributed by atoms with van der Waals surface area (Å²) in [6.45, 7) is 3.67. The average Bonchev–Trinajstić information content (AvgIpc) is 3.22. The number of halogens is 2. The van der Waals surface area contributed by atoms with Crippen LogP contribution in [0.5, 0.6) is 0 Å². The lowest BCUT2D eigenvalue weighted by molar-refractivity contribution is 0.0998. The molecule has 0 unspecified atom stereocenters. The first-order chi connectivity index (χ1) is 12.9. The third kappa shape index (κ3) is 3.31. The molecule has 0 saturated carbocycles. The summed E-state index contributed by atoms with van der Waals surface area (Å²) in [6, 6.07) is 9.42. The van der Waals surface area contributed by atoms with Gasteiger partial charge >= 0.3 is 0 Å². The highest BCUT2D eigenvalue weighted by atomic mass is 35.5. The van der Waals surface area contributed by atoms with Crippen molar-refractivity contribution >= 4 is 45.1 Å². The number of carbonyl (C=O) groups is 1. The van der Waals surface area contributed by atoms with Crippen LogP contribution >= 0.6 is 23.1 Å². The quantitative estimate of drug-likeness (QED) is 0.484. The highest BCUT2D eigenvalue weighted by Crippen LogP contribution is 2.31. The second kappa shape index (κ2) is 6.75. The van der Waals surface area contributed by atoms with Gasteiger partial charge in [0.2, 0.25) is 5.13 Å². The molecule has 0 fully saturated rings. The number of rotatable bonds is 3. The number of benzene rings is 2. The van der Waals surface area contributed by atoms with E-state index in [2.05, 4.69) is 14.7 Å². The van der Waals surface area contributed by atoms with Crippen LogP contribution in [0.2, 0.25) is 5.02 Å². The van der Waals surface area contributed by atoms with Gasteiger partial charge in [0.15, 0.2) is 11.6 Å². The summed E-state index contributed by atoms with van der Waals surface area (Å²) in [5.41, 5.74) is 2.84. The van der Waals surface area contributed by atoms with E-state index >= 15 is 0 Å². The fourth-order valence-electron chi connectivity index (χ4n) is 2.70. The summed E-state index contributed by atoms with van der Waals surface area (Å²) >= 11 is 7.21. The second-order valence-electron chi connectivity index (χ2n) is 6.04. The number of fused-ring (bicyclic) bond motifs is 1. The van der Waals surface area contributed by atoms with Gasteiger partial charge in [0.1, 0.15) is 11.4 Å². The number of hydrogen-bond donors (Lipinski definition) is 1. The molecule has 0 radical (unpaired) electrons. The molecule has 0 aliphatic heterocycles. The van der Waals surface area contributed by atoms with Crippen molar-refractivity contribution in [2.75, 3.05) is 5.32 Å². The minimum atomic E-state index is -0.417. The number of nitrogens with one attached hydrogen (secondary N) is 1. The Morgan fingerprint density at radius 2 is 1.96 bits per heavy atom.